The summed E-state index contributed by atoms with van der Waals surface area (Å²) in [4.78, 5) is 0. The van der Waals surface area contributed by atoms with Crippen molar-refractivity contribution in [3.63, 3.8) is 0 Å². The Morgan fingerprint density at radius 2 is 1.11 bits per heavy atom. The fraction of sp³-hybridized carbons (Fsp3) is 1.00. The molecule has 19 heavy (non-hydrogen) atoms. The monoisotopic (exact) mass is 326 g/mol. The second-order valence-electron chi connectivity index (χ2n) is 4.41. The van der Waals surface area contributed by atoms with Gasteiger partial charge in [-0.1, -0.05) is 12.1 Å². The molecular formula is C12H30O4SSi2. The van der Waals surface area contributed by atoms with E-state index in [2.05, 4.69) is 11.8 Å². The third-order valence-electron chi connectivity index (χ3n) is 3.01. The second kappa shape index (κ2) is 15.0. The van der Waals surface area contributed by atoms with Crippen LogP contribution in [0.15, 0.2) is 0 Å². The molecule has 0 heterocycles. The van der Waals surface area contributed by atoms with Crippen LogP contribution in [0.5, 0.6) is 0 Å². The molecule has 0 spiro atoms. The molecule has 0 fully saturated rings. The maximum Gasteiger partial charge on any atom is 0.134 e. The molecule has 0 saturated heterocycles. The second-order valence-corrected chi connectivity index (χ2v) is 9.53. The van der Waals surface area contributed by atoms with Crippen molar-refractivity contribution in [2.24, 2.45) is 0 Å². The maximum absolute atomic E-state index is 5.22. The van der Waals surface area contributed by atoms with E-state index in [9.17, 15) is 0 Å². The number of hydrogen-bond donors (Lipinski definition) is 0. The molecule has 0 aliphatic carbocycles. The maximum atomic E-state index is 5.22. The lowest BCUT2D eigenvalue weighted by Crippen LogP contribution is -2.21. The molecule has 0 amide bonds. The smallest absolute Gasteiger partial charge is 0.134 e. The summed E-state index contributed by atoms with van der Waals surface area (Å²) in [5, 5.41) is 0. The summed E-state index contributed by atoms with van der Waals surface area (Å²) in [5.41, 5.74) is 0. The zero-order chi connectivity index (χ0) is 14.3. The fourth-order valence-corrected chi connectivity index (χ4v) is 6.23. The summed E-state index contributed by atoms with van der Waals surface area (Å²) in [6.07, 6.45) is 2.60. The van der Waals surface area contributed by atoms with Crippen molar-refractivity contribution in [3.05, 3.63) is 0 Å². The van der Waals surface area contributed by atoms with Crippen molar-refractivity contribution in [3.8, 4) is 0 Å². The van der Waals surface area contributed by atoms with Gasteiger partial charge in [0.2, 0.25) is 0 Å². The summed E-state index contributed by atoms with van der Waals surface area (Å²) in [7, 11) is 6.48. The molecule has 0 radical (unpaired) electrons. The van der Waals surface area contributed by atoms with Crippen LogP contribution in [0.3, 0.4) is 0 Å². The van der Waals surface area contributed by atoms with Crippen LogP contribution in [-0.4, -0.2) is 70.8 Å². The molecule has 4 nitrogen and oxygen atoms in total. The van der Waals surface area contributed by atoms with Crippen LogP contribution in [0.2, 0.25) is 12.1 Å². The average molecular weight is 327 g/mol. The lowest BCUT2D eigenvalue weighted by molar-refractivity contribution is -0.0442. The third kappa shape index (κ3) is 12.1. The van der Waals surface area contributed by atoms with Gasteiger partial charge < -0.3 is 18.9 Å². The van der Waals surface area contributed by atoms with Crippen LogP contribution < -0.4 is 0 Å². The summed E-state index contributed by atoms with van der Waals surface area (Å²) in [6, 6.07) is 2.62. The summed E-state index contributed by atoms with van der Waals surface area (Å²) < 4.78 is 20.9. The first-order chi connectivity index (χ1) is 9.28. The fourth-order valence-electron chi connectivity index (χ4n) is 1.80. The molecule has 0 aromatic heterocycles. The first-order valence-electron chi connectivity index (χ1n) is 6.97. The lowest BCUT2D eigenvalue weighted by Gasteiger charge is -2.12. The van der Waals surface area contributed by atoms with Gasteiger partial charge in [-0.05, 0) is 24.3 Å². The predicted octanol–water partition coefficient (Wildman–Crippen LogP) is 0.827. The van der Waals surface area contributed by atoms with Crippen molar-refractivity contribution in [2.45, 2.75) is 36.8 Å². The molecule has 0 aromatic carbocycles. The van der Waals surface area contributed by atoms with Gasteiger partial charge in [0.25, 0.3) is 0 Å². The Labute approximate surface area is 126 Å². The Balaban J connectivity index is 3.19. The van der Waals surface area contributed by atoms with Gasteiger partial charge in [0.1, 0.15) is 11.8 Å². The highest BCUT2D eigenvalue weighted by atomic mass is 32.2. The van der Waals surface area contributed by atoms with E-state index >= 15 is 0 Å². The Bertz CT molecular complexity index is 163. The molecule has 0 aliphatic heterocycles. The average Bonchev–Trinajstić information content (AvgIpc) is 2.45. The van der Waals surface area contributed by atoms with Crippen molar-refractivity contribution in [1.82, 2.24) is 0 Å². The summed E-state index contributed by atoms with van der Waals surface area (Å²) in [6.45, 7) is 0. The van der Waals surface area contributed by atoms with E-state index in [1.54, 1.807) is 28.4 Å². The van der Waals surface area contributed by atoms with Gasteiger partial charge in [-0.15, -0.1) is 0 Å². The zero-order valence-electron chi connectivity index (χ0n) is 12.9. The van der Waals surface area contributed by atoms with E-state index in [0.29, 0.717) is 0 Å². The number of rotatable bonds is 14. The largest absolute Gasteiger partial charge is 0.360 e. The molecule has 0 atom stereocenters. The normalized spacial score (nSPS) is 12.9. The van der Waals surface area contributed by atoms with Gasteiger partial charge in [-0.25, -0.2) is 0 Å². The highest BCUT2D eigenvalue weighted by molar-refractivity contribution is 7.99. The highest BCUT2D eigenvalue weighted by Gasteiger charge is 2.05. The minimum atomic E-state index is -0.220. The van der Waals surface area contributed by atoms with Gasteiger partial charge in [-0.2, -0.15) is 11.8 Å². The number of ether oxygens (including phenoxy) is 4. The number of thioether (sulfide) groups is 1. The predicted molar refractivity (Wildman–Crippen MR) is 88.9 cm³/mol. The van der Waals surface area contributed by atoms with Gasteiger partial charge >= 0.3 is 0 Å². The Kier molecular flexibility index (Phi) is 15.5. The molecule has 0 aliphatic rings. The van der Waals surface area contributed by atoms with Crippen molar-refractivity contribution in [1.29, 1.82) is 0 Å². The van der Waals surface area contributed by atoms with Gasteiger partial charge in [-0.3, -0.25) is 0 Å². The van der Waals surface area contributed by atoms with Crippen molar-refractivity contribution < 1.29 is 18.9 Å². The third-order valence-corrected chi connectivity index (χ3v) is 8.26. The SMILES string of the molecule is COC(OC)[SiH2]CCCSCCC[SiH2]C(OC)OC. The Hall–Kier alpha value is 0.624. The van der Waals surface area contributed by atoms with E-state index < -0.39 is 0 Å². The Morgan fingerprint density at radius 3 is 1.42 bits per heavy atom. The first kappa shape index (κ1) is 19.6. The molecule has 116 valence electrons. The van der Waals surface area contributed by atoms with E-state index in [1.807, 2.05) is 0 Å². The van der Waals surface area contributed by atoms with Crippen LogP contribution in [-0.2, 0) is 18.9 Å². The van der Waals surface area contributed by atoms with Crippen LogP contribution in [0.25, 0.3) is 0 Å². The number of hydrogen-bond acceptors (Lipinski definition) is 5. The molecule has 0 unspecified atom stereocenters. The first-order valence-corrected chi connectivity index (χ1v) is 11.8. The van der Waals surface area contributed by atoms with Crippen molar-refractivity contribution in [2.75, 3.05) is 39.9 Å². The zero-order valence-corrected chi connectivity index (χ0v) is 16.5. The topological polar surface area (TPSA) is 36.9 Å². The van der Waals surface area contributed by atoms with E-state index in [1.165, 1.54) is 36.4 Å². The van der Waals surface area contributed by atoms with E-state index in [4.69, 9.17) is 18.9 Å². The lowest BCUT2D eigenvalue weighted by atomic mass is 10.6. The van der Waals surface area contributed by atoms with Gasteiger partial charge in [0.05, 0.1) is 19.0 Å². The summed E-state index contributed by atoms with van der Waals surface area (Å²) in [5.74, 6) is 2.76. The molecule has 0 saturated carbocycles. The molecular weight excluding hydrogens is 296 g/mol. The molecule has 7 heteroatoms. The molecule has 0 aromatic rings. The summed E-state index contributed by atoms with van der Waals surface area (Å²) >= 11 is 2.07. The molecule has 0 rings (SSSR count). The van der Waals surface area contributed by atoms with Crippen LogP contribution in [0, 0.1) is 0 Å². The highest BCUT2D eigenvalue weighted by Crippen LogP contribution is 2.09. The standard InChI is InChI=1S/C12H30O4SSi2/c1-13-11(14-2)18-9-5-7-17-8-6-10-19-12(15-3)16-4/h11-12H,5-10,18-19H2,1-4H3. The van der Waals surface area contributed by atoms with Crippen LogP contribution in [0.1, 0.15) is 12.8 Å². The van der Waals surface area contributed by atoms with Gasteiger partial charge in [0, 0.05) is 28.4 Å². The van der Waals surface area contributed by atoms with Gasteiger partial charge in [0.15, 0.2) is 0 Å². The molecule has 0 N–H and O–H groups in total. The van der Waals surface area contributed by atoms with E-state index in [-0.39, 0.29) is 30.9 Å². The number of methoxy groups -OCH3 is 4. The Morgan fingerprint density at radius 1 is 0.737 bits per heavy atom. The minimum absolute atomic E-state index is 0.107. The van der Waals surface area contributed by atoms with Crippen LogP contribution in [0.4, 0.5) is 0 Å². The molecule has 0 bridgehead atoms. The quantitative estimate of drug-likeness (QED) is 0.268. The van der Waals surface area contributed by atoms with Crippen molar-refractivity contribution >= 4 is 30.8 Å². The minimum Gasteiger partial charge on any atom is -0.360 e. The van der Waals surface area contributed by atoms with E-state index in [0.717, 1.165) is 0 Å². The van der Waals surface area contributed by atoms with Crippen LogP contribution >= 0.6 is 11.8 Å².